The van der Waals surface area contributed by atoms with Gasteiger partial charge in [0, 0.05) is 6.21 Å². The second-order valence-corrected chi connectivity index (χ2v) is 3.95. The van der Waals surface area contributed by atoms with E-state index in [0.717, 1.165) is 25.0 Å². The van der Waals surface area contributed by atoms with Crippen LogP contribution in [0.3, 0.4) is 0 Å². The first-order valence-corrected chi connectivity index (χ1v) is 6.07. The Morgan fingerprint density at radius 3 is 2.39 bits per heavy atom. The minimum absolute atomic E-state index is 0.231. The molecule has 5 nitrogen and oxygen atoms in total. The van der Waals surface area contributed by atoms with Crippen LogP contribution in [-0.2, 0) is 6.42 Å². The van der Waals surface area contributed by atoms with Gasteiger partial charge in [0.1, 0.15) is 23.5 Å². The highest BCUT2D eigenvalue weighted by atomic mass is 15.4. The van der Waals surface area contributed by atoms with Crippen molar-refractivity contribution in [1.29, 1.82) is 10.5 Å². The van der Waals surface area contributed by atoms with Crippen molar-refractivity contribution in [2.75, 3.05) is 5.73 Å². The number of rotatable bonds is 5. The second-order valence-electron chi connectivity index (χ2n) is 3.95. The largest absolute Gasteiger partial charge is 0.383 e. The molecule has 0 spiro atoms. The smallest absolute Gasteiger partial charge is 0.144 e. The molecule has 5 heteroatoms. The summed E-state index contributed by atoms with van der Waals surface area (Å²) in [5.74, 6) is 0.254. The standard InChI is InChI=1S/C13H17N5/c1-3-5-7-17-18-12(6-4-2)10(8-14)11(9-15)13(18)16/h7H,3-6,16H2,1-2H3/b17-7+. The molecule has 2 N–H and O–H groups in total. The van der Waals surface area contributed by atoms with Crippen molar-refractivity contribution in [1.82, 2.24) is 4.68 Å². The van der Waals surface area contributed by atoms with Crippen LogP contribution in [0, 0.1) is 22.7 Å². The lowest BCUT2D eigenvalue weighted by atomic mass is 10.1. The number of hydrogen-bond donors (Lipinski definition) is 1. The zero-order valence-corrected chi connectivity index (χ0v) is 10.8. The van der Waals surface area contributed by atoms with Crippen molar-refractivity contribution < 1.29 is 0 Å². The second kappa shape index (κ2) is 6.46. The third kappa shape index (κ3) is 2.52. The Balaban J connectivity index is 3.35. The Labute approximate surface area is 107 Å². The van der Waals surface area contributed by atoms with E-state index < -0.39 is 0 Å². The fourth-order valence-corrected chi connectivity index (χ4v) is 1.73. The molecule has 0 saturated carbocycles. The van der Waals surface area contributed by atoms with E-state index in [-0.39, 0.29) is 11.4 Å². The average Bonchev–Trinajstić information content (AvgIpc) is 2.63. The molecular weight excluding hydrogens is 226 g/mol. The van der Waals surface area contributed by atoms with Crippen LogP contribution in [0.2, 0.25) is 0 Å². The summed E-state index contributed by atoms with van der Waals surface area (Å²) in [6.07, 6.45) is 5.14. The summed E-state index contributed by atoms with van der Waals surface area (Å²) in [7, 11) is 0. The molecule has 0 radical (unpaired) electrons. The van der Waals surface area contributed by atoms with Crippen LogP contribution in [-0.4, -0.2) is 10.9 Å². The lowest BCUT2D eigenvalue weighted by molar-refractivity contribution is 0.773. The third-order valence-corrected chi connectivity index (χ3v) is 2.60. The molecule has 0 bridgehead atoms. The Morgan fingerprint density at radius 2 is 1.89 bits per heavy atom. The summed E-state index contributed by atoms with van der Waals surface area (Å²) >= 11 is 0. The number of aromatic nitrogens is 1. The maximum atomic E-state index is 9.14. The molecule has 0 aliphatic heterocycles. The highest BCUT2D eigenvalue weighted by molar-refractivity contribution is 5.65. The van der Waals surface area contributed by atoms with Crippen LogP contribution in [0.1, 0.15) is 49.9 Å². The van der Waals surface area contributed by atoms with Gasteiger partial charge in [0.15, 0.2) is 0 Å². The van der Waals surface area contributed by atoms with E-state index in [0.29, 0.717) is 12.0 Å². The van der Waals surface area contributed by atoms with Gasteiger partial charge >= 0.3 is 0 Å². The van der Waals surface area contributed by atoms with Gasteiger partial charge in [-0.25, -0.2) is 4.68 Å². The summed E-state index contributed by atoms with van der Waals surface area (Å²) in [6, 6.07) is 4.04. The zero-order valence-electron chi connectivity index (χ0n) is 10.8. The molecule has 1 rings (SSSR count). The number of nitriles is 2. The molecule has 1 aromatic heterocycles. The van der Waals surface area contributed by atoms with Crippen molar-refractivity contribution in [3.8, 4) is 12.1 Å². The fourth-order valence-electron chi connectivity index (χ4n) is 1.73. The SMILES string of the molecule is CCC/C=N/n1c(N)c(C#N)c(C#N)c1CCC. The summed E-state index contributed by atoms with van der Waals surface area (Å²) in [5.41, 5.74) is 7.19. The van der Waals surface area contributed by atoms with Gasteiger partial charge in [-0.05, 0) is 12.8 Å². The normalized spacial score (nSPS) is 10.4. The van der Waals surface area contributed by atoms with E-state index in [9.17, 15) is 0 Å². The lowest BCUT2D eigenvalue weighted by Crippen LogP contribution is -2.02. The molecule has 1 heterocycles. The van der Waals surface area contributed by atoms with E-state index in [1.165, 1.54) is 4.68 Å². The van der Waals surface area contributed by atoms with Crippen molar-refractivity contribution in [3.63, 3.8) is 0 Å². The number of nitrogens with two attached hydrogens (primary N) is 1. The minimum Gasteiger partial charge on any atom is -0.383 e. The third-order valence-electron chi connectivity index (χ3n) is 2.60. The maximum absolute atomic E-state index is 9.14. The Kier molecular flexibility index (Phi) is 4.95. The molecule has 0 unspecified atom stereocenters. The number of anilines is 1. The Morgan fingerprint density at radius 1 is 1.22 bits per heavy atom. The average molecular weight is 243 g/mol. The quantitative estimate of drug-likeness (QED) is 0.805. The number of hydrogen-bond acceptors (Lipinski definition) is 4. The first-order valence-electron chi connectivity index (χ1n) is 6.07. The highest BCUT2D eigenvalue weighted by Gasteiger charge is 2.20. The predicted molar refractivity (Wildman–Crippen MR) is 71.1 cm³/mol. The molecule has 18 heavy (non-hydrogen) atoms. The van der Waals surface area contributed by atoms with E-state index in [4.69, 9.17) is 16.3 Å². The zero-order chi connectivity index (χ0) is 13.5. The monoisotopic (exact) mass is 243 g/mol. The van der Waals surface area contributed by atoms with Gasteiger partial charge in [-0.3, -0.25) is 0 Å². The van der Waals surface area contributed by atoms with Crippen molar-refractivity contribution in [2.45, 2.75) is 39.5 Å². The van der Waals surface area contributed by atoms with Crippen LogP contribution < -0.4 is 5.73 Å². The van der Waals surface area contributed by atoms with Gasteiger partial charge in [0.05, 0.1) is 11.3 Å². The summed E-state index contributed by atoms with van der Waals surface area (Å²) < 4.78 is 1.52. The number of nitrogens with zero attached hydrogens (tertiary/aromatic N) is 4. The molecule has 0 aliphatic carbocycles. The molecule has 0 aromatic carbocycles. The van der Waals surface area contributed by atoms with Crippen LogP contribution in [0.25, 0.3) is 0 Å². The van der Waals surface area contributed by atoms with Gasteiger partial charge in [-0.1, -0.05) is 26.7 Å². The van der Waals surface area contributed by atoms with Gasteiger partial charge in [-0.2, -0.15) is 15.6 Å². The summed E-state index contributed by atoms with van der Waals surface area (Å²) in [6.45, 7) is 4.07. The molecule has 1 aromatic rings. The minimum atomic E-state index is 0.231. The van der Waals surface area contributed by atoms with E-state index in [2.05, 4.69) is 18.1 Å². The van der Waals surface area contributed by atoms with E-state index in [1.807, 2.05) is 13.0 Å². The van der Waals surface area contributed by atoms with Crippen LogP contribution in [0.15, 0.2) is 5.10 Å². The molecular formula is C13H17N5. The van der Waals surface area contributed by atoms with E-state index in [1.54, 1.807) is 6.21 Å². The Bertz CT molecular complexity index is 525. The maximum Gasteiger partial charge on any atom is 0.144 e. The molecule has 0 atom stereocenters. The van der Waals surface area contributed by atoms with Crippen LogP contribution >= 0.6 is 0 Å². The van der Waals surface area contributed by atoms with Gasteiger partial charge < -0.3 is 5.73 Å². The first kappa shape index (κ1) is 13.8. The van der Waals surface area contributed by atoms with Crippen molar-refractivity contribution in [3.05, 3.63) is 16.8 Å². The predicted octanol–water partition coefficient (Wildman–Crippen LogP) is 2.40. The fraction of sp³-hybridized carbons (Fsp3) is 0.462. The van der Waals surface area contributed by atoms with Crippen LogP contribution in [0.4, 0.5) is 5.82 Å². The summed E-state index contributed by atoms with van der Waals surface area (Å²) in [5, 5.41) is 22.5. The van der Waals surface area contributed by atoms with Gasteiger partial charge in [0.2, 0.25) is 0 Å². The number of unbranched alkanes of at least 4 members (excludes halogenated alkanes) is 1. The van der Waals surface area contributed by atoms with Crippen molar-refractivity contribution >= 4 is 12.0 Å². The first-order chi connectivity index (χ1) is 8.71. The topological polar surface area (TPSA) is 90.9 Å². The van der Waals surface area contributed by atoms with Gasteiger partial charge in [0.25, 0.3) is 0 Å². The Hall–Kier alpha value is -2.27. The molecule has 0 saturated heterocycles. The lowest BCUT2D eigenvalue weighted by Gasteiger charge is -2.03. The molecule has 94 valence electrons. The highest BCUT2D eigenvalue weighted by Crippen LogP contribution is 2.25. The summed E-state index contributed by atoms with van der Waals surface area (Å²) in [4.78, 5) is 0. The van der Waals surface area contributed by atoms with E-state index >= 15 is 0 Å². The number of nitrogen functional groups attached to an aromatic ring is 1. The molecule has 0 fully saturated rings. The molecule has 0 amide bonds. The molecule has 0 aliphatic rings. The van der Waals surface area contributed by atoms with Gasteiger partial charge in [-0.15, -0.1) is 0 Å². The van der Waals surface area contributed by atoms with Crippen LogP contribution in [0.5, 0.6) is 0 Å². The van der Waals surface area contributed by atoms with Crippen molar-refractivity contribution in [2.24, 2.45) is 5.10 Å².